The molecule has 162 valence electrons. The SMILES string of the molecule is N#CCCN(C(=O)CCC(=O)N1CCN(Cc2cccc(Cl)c2)CC1)c1ccccc1. The molecule has 0 bridgehead atoms. The van der Waals surface area contributed by atoms with Crippen LogP contribution in [0.2, 0.25) is 5.02 Å². The van der Waals surface area contributed by atoms with Gasteiger partial charge in [0.15, 0.2) is 0 Å². The highest BCUT2D eigenvalue weighted by atomic mass is 35.5. The van der Waals surface area contributed by atoms with Crippen LogP contribution in [0, 0.1) is 11.3 Å². The first-order valence-corrected chi connectivity index (χ1v) is 10.9. The van der Waals surface area contributed by atoms with Crippen LogP contribution in [0.15, 0.2) is 54.6 Å². The minimum Gasteiger partial charge on any atom is -0.340 e. The highest BCUT2D eigenvalue weighted by Gasteiger charge is 2.23. The van der Waals surface area contributed by atoms with Crippen molar-refractivity contribution in [3.63, 3.8) is 0 Å². The predicted molar refractivity (Wildman–Crippen MR) is 122 cm³/mol. The van der Waals surface area contributed by atoms with Gasteiger partial charge in [-0.15, -0.1) is 0 Å². The molecule has 7 heteroatoms. The summed E-state index contributed by atoms with van der Waals surface area (Å²) in [6, 6.07) is 19.2. The van der Waals surface area contributed by atoms with Gasteiger partial charge in [0, 0.05) is 62.8 Å². The summed E-state index contributed by atoms with van der Waals surface area (Å²) in [6.07, 6.45) is 0.577. The number of nitrogens with zero attached hydrogens (tertiary/aromatic N) is 4. The smallest absolute Gasteiger partial charge is 0.227 e. The minimum atomic E-state index is -0.130. The van der Waals surface area contributed by atoms with Crippen molar-refractivity contribution in [1.82, 2.24) is 9.80 Å². The van der Waals surface area contributed by atoms with Crippen LogP contribution in [0.5, 0.6) is 0 Å². The lowest BCUT2D eigenvalue weighted by Crippen LogP contribution is -2.48. The van der Waals surface area contributed by atoms with Crippen LogP contribution < -0.4 is 4.90 Å². The molecule has 2 amide bonds. The van der Waals surface area contributed by atoms with Crippen molar-refractivity contribution in [2.24, 2.45) is 0 Å². The second-order valence-corrected chi connectivity index (χ2v) is 8.01. The Hall–Kier alpha value is -2.88. The first-order valence-electron chi connectivity index (χ1n) is 10.5. The fourth-order valence-electron chi connectivity index (χ4n) is 3.72. The molecule has 31 heavy (non-hydrogen) atoms. The summed E-state index contributed by atoms with van der Waals surface area (Å²) < 4.78 is 0. The molecule has 0 spiro atoms. The maximum Gasteiger partial charge on any atom is 0.227 e. The van der Waals surface area contributed by atoms with Gasteiger partial charge in [0.1, 0.15) is 0 Å². The Balaban J connectivity index is 1.47. The second-order valence-electron chi connectivity index (χ2n) is 7.58. The highest BCUT2D eigenvalue weighted by molar-refractivity contribution is 6.30. The Kier molecular flexibility index (Phi) is 8.45. The van der Waals surface area contributed by atoms with Crippen LogP contribution in [-0.2, 0) is 16.1 Å². The average Bonchev–Trinajstić information content (AvgIpc) is 2.79. The van der Waals surface area contributed by atoms with Crippen molar-refractivity contribution >= 4 is 29.1 Å². The lowest BCUT2D eigenvalue weighted by molar-refractivity contribution is -0.134. The van der Waals surface area contributed by atoms with Gasteiger partial charge in [0.25, 0.3) is 0 Å². The molecule has 0 atom stereocenters. The molecule has 0 N–H and O–H groups in total. The van der Waals surface area contributed by atoms with Gasteiger partial charge in [-0.3, -0.25) is 14.5 Å². The van der Waals surface area contributed by atoms with E-state index in [9.17, 15) is 9.59 Å². The molecule has 2 aromatic rings. The van der Waals surface area contributed by atoms with Gasteiger partial charge in [-0.25, -0.2) is 0 Å². The molecular formula is C24H27ClN4O2. The summed E-state index contributed by atoms with van der Waals surface area (Å²) >= 11 is 6.06. The normalized spacial score (nSPS) is 14.1. The third-order valence-corrected chi connectivity index (χ3v) is 5.62. The summed E-state index contributed by atoms with van der Waals surface area (Å²) in [6.45, 7) is 4.05. The standard InChI is InChI=1S/C24H27ClN4O2/c25-21-7-4-6-20(18-21)19-27-14-16-28(17-15-27)23(30)10-11-24(31)29(13-5-12-26)22-8-2-1-3-9-22/h1-4,6-9,18H,5,10-11,13-17,19H2. The van der Waals surface area contributed by atoms with Crippen molar-refractivity contribution in [3.8, 4) is 6.07 Å². The number of hydrogen-bond donors (Lipinski definition) is 0. The number of anilines is 1. The second kappa shape index (κ2) is 11.5. The molecule has 1 aliphatic rings. The number of piperazine rings is 1. The van der Waals surface area contributed by atoms with Crippen LogP contribution in [-0.4, -0.2) is 54.3 Å². The molecule has 0 aromatic heterocycles. The third-order valence-electron chi connectivity index (χ3n) is 5.39. The lowest BCUT2D eigenvalue weighted by Gasteiger charge is -2.35. The minimum absolute atomic E-state index is 0.00375. The van der Waals surface area contributed by atoms with Gasteiger partial charge in [0.2, 0.25) is 11.8 Å². The molecule has 0 saturated carbocycles. The van der Waals surface area contributed by atoms with Crippen LogP contribution in [0.1, 0.15) is 24.8 Å². The average molecular weight is 439 g/mol. The summed E-state index contributed by atoms with van der Waals surface area (Å²) in [7, 11) is 0. The number of para-hydroxylation sites is 1. The molecule has 0 unspecified atom stereocenters. The number of halogens is 1. The predicted octanol–water partition coefficient (Wildman–Crippen LogP) is 3.71. The highest BCUT2D eigenvalue weighted by Crippen LogP contribution is 2.17. The Labute approximate surface area is 188 Å². The fraction of sp³-hybridized carbons (Fsp3) is 0.375. The van der Waals surface area contributed by atoms with E-state index < -0.39 is 0 Å². The maximum atomic E-state index is 12.7. The van der Waals surface area contributed by atoms with E-state index in [4.69, 9.17) is 16.9 Å². The molecule has 1 fully saturated rings. The molecule has 1 aliphatic heterocycles. The fourth-order valence-corrected chi connectivity index (χ4v) is 3.94. The van der Waals surface area contributed by atoms with Gasteiger partial charge in [-0.05, 0) is 29.8 Å². The van der Waals surface area contributed by atoms with E-state index in [0.29, 0.717) is 19.6 Å². The number of carbonyl (C=O) groups is 2. The Morgan fingerprint density at radius 3 is 2.42 bits per heavy atom. The molecule has 1 saturated heterocycles. The number of rotatable bonds is 8. The molecule has 0 radical (unpaired) electrons. The zero-order chi connectivity index (χ0) is 22.1. The summed E-state index contributed by atoms with van der Waals surface area (Å²) in [5.74, 6) is -0.126. The Bertz CT molecular complexity index is 921. The van der Waals surface area contributed by atoms with Crippen molar-refractivity contribution in [3.05, 3.63) is 65.2 Å². The van der Waals surface area contributed by atoms with Gasteiger partial charge >= 0.3 is 0 Å². The third kappa shape index (κ3) is 6.81. The number of nitriles is 1. The van der Waals surface area contributed by atoms with Gasteiger partial charge < -0.3 is 9.80 Å². The number of amides is 2. The maximum absolute atomic E-state index is 12.7. The molecular weight excluding hydrogens is 412 g/mol. The topological polar surface area (TPSA) is 67.6 Å². The Morgan fingerprint density at radius 2 is 1.74 bits per heavy atom. The van der Waals surface area contributed by atoms with Gasteiger partial charge in [-0.2, -0.15) is 5.26 Å². The first kappa shape index (κ1) is 22.8. The summed E-state index contributed by atoms with van der Waals surface area (Å²) in [5, 5.41) is 9.63. The molecule has 3 rings (SSSR count). The van der Waals surface area contributed by atoms with Crippen molar-refractivity contribution in [2.45, 2.75) is 25.8 Å². The summed E-state index contributed by atoms with van der Waals surface area (Å²) in [5.41, 5.74) is 1.92. The van der Waals surface area contributed by atoms with Gasteiger partial charge in [0.05, 0.1) is 12.5 Å². The zero-order valence-corrected chi connectivity index (χ0v) is 18.3. The van der Waals surface area contributed by atoms with E-state index in [0.717, 1.165) is 35.9 Å². The number of carbonyl (C=O) groups excluding carboxylic acids is 2. The number of hydrogen-bond acceptors (Lipinski definition) is 4. The van der Waals surface area contributed by atoms with Crippen molar-refractivity contribution < 1.29 is 9.59 Å². The van der Waals surface area contributed by atoms with E-state index in [1.54, 1.807) is 4.90 Å². The number of benzene rings is 2. The van der Waals surface area contributed by atoms with Crippen LogP contribution >= 0.6 is 11.6 Å². The van der Waals surface area contributed by atoms with Crippen molar-refractivity contribution in [2.75, 3.05) is 37.6 Å². The first-order chi connectivity index (χ1) is 15.1. The van der Waals surface area contributed by atoms with Crippen LogP contribution in [0.3, 0.4) is 0 Å². The van der Waals surface area contributed by atoms with Gasteiger partial charge in [-0.1, -0.05) is 41.9 Å². The van der Waals surface area contributed by atoms with E-state index in [-0.39, 0.29) is 31.1 Å². The zero-order valence-electron chi connectivity index (χ0n) is 17.5. The quantitative estimate of drug-likeness (QED) is 0.630. The molecule has 6 nitrogen and oxygen atoms in total. The van der Waals surface area contributed by atoms with Crippen LogP contribution in [0.4, 0.5) is 5.69 Å². The van der Waals surface area contributed by atoms with E-state index >= 15 is 0 Å². The molecule has 0 aliphatic carbocycles. The summed E-state index contributed by atoms with van der Waals surface area (Å²) in [4.78, 5) is 31.1. The van der Waals surface area contributed by atoms with E-state index in [2.05, 4.69) is 17.0 Å². The van der Waals surface area contributed by atoms with Crippen LogP contribution in [0.25, 0.3) is 0 Å². The molecule has 2 aromatic carbocycles. The lowest BCUT2D eigenvalue weighted by atomic mass is 10.1. The molecule has 1 heterocycles. The monoisotopic (exact) mass is 438 g/mol. The Morgan fingerprint density at radius 1 is 1.00 bits per heavy atom. The largest absolute Gasteiger partial charge is 0.340 e. The van der Waals surface area contributed by atoms with E-state index in [1.807, 2.05) is 53.4 Å². The van der Waals surface area contributed by atoms with Crippen molar-refractivity contribution in [1.29, 1.82) is 5.26 Å². The van der Waals surface area contributed by atoms with E-state index in [1.165, 1.54) is 0 Å².